The lowest BCUT2D eigenvalue weighted by molar-refractivity contribution is -0.126. The van der Waals surface area contributed by atoms with Crippen LogP contribution in [0, 0.1) is 11.8 Å². The average Bonchev–Trinajstić information content (AvgIpc) is 3.65. The van der Waals surface area contributed by atoms with E-state index < -0.39 is 10.0 Å². The van der Waals surface area contributed by atoms with Crippen LogP contribution in [0.25, 0.3) is 0 Å². The van der Waals surface area contributed by atoms with Gasteiger partial charge in [0, 0.05) is 48.2 Å². The molecule has 1 N–H and O–H groups in total. The summed E-state index contributed by atoms with van der Waals surface area (Å²) in [5, 5.41) is 3.54. The first kappa shape index (κ1) is 24.3. The summed E-state index contributed by atoms with van der Waals surface area (Å²) in [5.74, 6) is -0.0302. The summed E-state index contributed by atoms with van der Waals surface area (Å²) in [6.45, 7) is 2.96. The maximum atomic E-state index is 13.4. The number of hydrogen-bond acceptors (Lipinski definition) is 4. The van der Waals surface area contributed by atoms with Gasteiger partial charge in [0.05, 0.1) is 4.90 Å². The second kappa shape index (κ2) is 9.56. The van der Waals surface area contributed by atoms with E-state index in [9.17, 15) is 18.0 Å². The van der Waals surface area contributed by atoms with Crippen LogP contribution in [0.15, 0.2) is 47.4 Å². The van der Waals surface area contributed by atoms with Crippen LogP contribution in [0.3, 0.4) is 0 Å². The van der Waals surface area contributed by atoms with Crippen molar-refractivity contribution in [1.29, 1.82) is 0 Å². The highest BCUT2D eigenvalue weighted by Gasteiger charge is 2.40. The molecule has 2 fully saturated rings. The molecule has 2 aromatic rings. The van der Waals surface area contributed by atoms with Crippen molar-refractivity contribution in [1.82, 2.24) is 9.62 Å². The third-order valence-corrected chi connectivity index (χ3v) is 9.57. The zero-order valence-electron chi connectivity index (χ0n) is 19.7. The van der Waals surface area contributed by atoms with E-state index in [-0.39, 0.29) is 34.6 Å². The number of nitrogens with zero attached hydrogens (tertiary/aromatic N) is 2. The van der Waals surface area contributed by atoms with E-state index in [1.807, 2.05) is 30.0 Å². The molecule has 186 valence electrons. The molecule has 2 amide bonds. The number of halogens is 1. The van der Waals surface area contributed by atoms with Crippen LogP contribution in [-0.4, -0.2) is 43.7 Å². The van der Waals surface area contributed by atoms with Gasteiger partial charge in [-0.1, -0.05) is 29.8 Å². The van der Waals surface area contributed by atoms with Crippen LogP contribution in [0.5, 0.6) is 0 Å². The van der Waals surface area contributed by atoms with Crippen LogP contribution in [0.2, 0.25) is 5.02 Å². The summed E-state index contributed by atoms with van der Waals surface area (Å²) in [5.41, 5.74) is 2.59. The van der Waals surface area contributed by atoms with Gasteiger partial charge >= 0.3 is 0 Å². The molecule has 0 radical (unpaired) electrons. The standard InChI is InChI=1S/C26H30ClN3O4S/c1-17-14-21-15-22(8-9-24(21)30(17)26(32)19-6-7-19)35(33,34)29-12-10-18(11-13-29)25(31)28-16-20-4-2-3-5-23(20)27/h2-5,8-9,15,17-19H,6-7,10-14,16H2,1H3,(H,28,31). The van der Waals surface area contributed by atoms with E-state index in [1.54, 1.807) is 24.3 Å². The van der Waals surface area contributed by atoms with E-state index in [1.165, 1.54) is 4.31 Å². The summed E-state index contributed by atoms with van der Waals surface area (Å²) < 4.78 is 28.2. The minimum atomic E-state index is -3.67. The second-order valence-corrected chi connectivity index (χ2v) is 12.2. The summed E-state index contributed by atoms with van der Waals surface area (Å²) in [7, 11) is -3.67. The lowest BCUT2D eigenvalue weighted by Crippen LogP contribution is -2.42. The van der Waals surface area contributed by atoms with Crippen molar-refractivity contribution in [2.24, 2.45) is 11.8 Å². The van der Waals surface area contributed by atoms with Gasteiger partial charge in [-0.15, -0.1) is 0 Å². The Hall–Kier alpha value is -2.42. The molecule has 1 unspecified atom stereocenters. The number of anilines is 1. The van der Waals surface area contributed by atoms with E-state index in [0.717, 1.165) is 29.7 Å². The van der Waals surface area contributed by atoms with Crippen LogP contribution in [-0.2, 0) is 32.6 Å². The van der Waals surface area contributed by atoms with E-state index >= 15 is 0 Å². The van der Waals surface area contributed by atoms with Crippen molar-refractivity contribution in [3.63, 3.8) is 0 Å². The monoisotopic (exact) mass is 515 g/mol. The average molecular weight is 516 g/mol. The Labute approximate surface area is 211 Å². The zero-order chi connectivity index (χ0) is 24.7. The molecule has 1 saturated heterocycles. The molecule has 1 atom stereocenters. The molecular weight excluding hydrogens is 486 g/mol. The molecule has 0 aromatic heterocycles. The highest BCUT2D eigenvalue weighted by atomic mass is 35.5. The number of carbonyl (C=O) groups excluding carboxylic acids is 2. The molecule has 1 saturated carbocycles. The second-order valence-electron chi connectivity index (χ2n) is 9.81. The Balaban J connectivity index is 1.21. The van der Waals surface area contributed by atoms with Gasteiger partial charge in [0.2, 0.25) is 21.8 Å². The number of carbonyl (C=O) groups is 2. The molecule has 7 nitrogen and oxygen atoms in total. The molecule has 2 aromatic carbocycles. The SMILES string of the molecule is CC1Cc2cc(S(=O)(=O)N3CCC(C(=O)NCc4ccccc4Cl)CC3)ccc2N1C(=O)C1CC1. The third kappa shape index (κ3) is 4.84. The number of piperidine rings is 1. The van der Waals surface area contributed by atoms with E-state index in [2.05, 4.69) is 5.32 Å². The lowest BCUT2D eigenvalue weighted by atomic mass is 9.97. The van der Waals surface area contributed by atoms with Crippen LogP contribution < -0.4 is 10.2 Å². The summed E-state index contributed by atoms with van der Waals surface area (Å²) in [6.07, 6.45) is 3.49. The van der Waals surface area contributed by atoms with Crippen molar-refractivity contribution < 1.29 is 18.0 Å². The van der Waals surface area contributed by atoms with Gasteiger partial charge < -0.3 is 10.2 Å². The van der Waals surface area contributed by atoms with Gasteiger partial charge in [-0.05, 0) is 74.4 Å². The number of amides is 2. The fourth-order valence-electron chi connectivity index (χ4n) is 5.11. The molecule has 1 aliphatic carbocycles. The highest BCUT2D eigenvalue weighted by molar-refractivity contribution is 7.89. The van der Waals surface area contributed by atoms with Crippen molar-refractivity contribution in [2.45, 2.75) is 56.5 Å². The number of hydrogen-bond donors (Lipinski definition) is 1. The fourth-order valence-corrected chi connectivity index (χ4v) is 6.83. The minimum absolute atomic E-state index is 0.0380. The van der Waals surface area contributed by atoms with E-state index in [4.69, 9.17) is 11.6 Å². The van der Waals surface area contributed by atoms with Crippen LogP contribution >= 0.6 is 11.6 Å². The molecule has 0 bridgehead atoms. The molecule has 3 aliphatic rings. The Bertz CT molecular complexity index is 1250. The maximum Gasteiger partial charge on any atom is 0.243 e. The summed E-state index contributed by atoms with van der Waals surface area (Å²) in [6, 6.07) is 12.5. The zero-order valence-corrected chi connectivity index (χ0v) is 21.3. The van der Waals surface area contributed by atoms with Gasteiger partial charge in [0.1, 0.15) is 0 Å². The van der Waals surface area contributed by atoms with Gasteiger partial charge in [0.25, 0.3) is 0 Å². The number of rotatable bonds is 6. The molecule has 35 heavy (non-hydrogen) atoms. The van der Waals surface area contributed by atoms with Crippen molar-refractivity contribution in [3.8, 4) is 0 Å². The normalized spacial score (nSPS) is 21.1. The summed E-state index contributed by atoms with van der Waals surface area (Å²) in [4.78, 5) is 27.4. The maximum absolute atomic E-state index is 13.4. The molecule has 5 rings (SSSR count). The number of sulfonamides is 1. The van der Waals surface area contributed by atoms with Gasteiger partial charge in [-0.25, -0.2) is 8.42 Å². The van der Waals surface area contributed by atoms with Crippen molar-refractivity contribution in [3.05, 3.63) is 58.6 Å². The molecule has 9 heteroatoms. The Morgan fingerprint density at radius 1 is 1.03 bits per heavy atom. The first-order chi connectivity index (χ1) is 16.8. The molecule has 0 spiro atoms. The van der Waals surface area contributed by atoms with Gasteiger partial charge in [0.15, 0.2) is 0 Å². The van der Waals surface area contributed by atoms with Crippen molar-refractivity contribution in [2.75, 3.05) is 18.0 Å². The van der Waals surface area contributed by atoms with Crippen molar-refractivity contribution >= 4 is 39.1 Å². The van der Waals surface area contributed by atoms with Gasteiger partial charge in [-0.3, -0.25) is 9.59 Å². The van der Waals surface area contributed by atoms with Gasteiger partial charge in [-0.2, -0.15) is 4.31 Å². The molecule has 2 aliphatic heterocycles. The Morgan fingerprint density at radius 3 is 2.43 bits per heavy atom. The van der Waals surface area contributed by atoms with Crippen LogP contribution in [0.1, 0.15) is 43.7 Å². The summed E-state index contributed by atoms with van der Waals surface area (Å²) >= 11 is 6.16. The minimum Gasteiger partial charge on any atom is -0.352 e. The quantitative estimate of drug-likeness (QED) is 0.635. The number of nitrogens with one attached hydrogen (secondary N) is 1. The fraction of sp³-hybridized carbons (Fsp3) is 0.462. The Kier molecular flexibility index (Phi) is 6.63. The highest BCUT2D eigenvalue weighted by Crippen LogP contribution is 2.40. The first-order valence-electron chi connectivity index (χ1n) is 12.2. The van der Waals surface area contributed by atoms with Crippen LogP contribution in [0.4, 0.5) is 5.69 Å². The third-order valence-electron chi connectivity index (χ3n) is 7.30. The smallest absolute Gasteiger partial charge is 0.243 e. The molecular formula is C26H30ClN3O4S. The predicted molar refractivity (Wildman–Crippen MR) is 135 cm³/mol. The Morgan fingerprint density at radius 2 is 1.74 bits per heavy atom. The lowest BCUT2D eigenvalue weighted by Gasteiger charge is -2.30. The van der Waals surface area contributed by atoms with E-state index in [0.29, 0.717) is 43.9 Å². The number of fused-ring (bicyclic) bond motifs is 1. The molecule has 2 heterocycles. The predicted octanol–water partition coefficient (Wildman–Crippen LogP) is 3.74. The topological polar surface area (TPSA) is 86.8 Å². The largest absolute Gasteiger partial charge is 0.352 e. The first-order valence-corrected chi connectivity index (χ1v) is 14.0. The number of benzene rings is 2.